The number of hydrogen-bond acceptors (Lipinski definition) is 9. The molecule has 0 aliphatic carbocycles. The van der Waals surface area contributed by atoms with Crippen LogP contribution in [0.4, 0.5) is 0 Å². The van der Waals surface area contributed by atoms with Crippen molar-refractivity contribution in [2.45, 2.75) is 82.2 Å². The van der Waals surface area contributed by atoms with Crippen molar-refractivity contribution in [1.29, 1.82) is 0 Å². The average Bonchev–Trinajstić information content (AvgIpc) is 2.65. The van der Waals surface area contributed by atoms with Crippen LogP contribution in [0.15, 0.2) is 0 Å². The van der Waals surface area contributed by atoms with Gasteiger partial charge in [0.2, 0.25) is 11.8 Å². The molecule has 2 fully saturated rings. The normalized spacial score (nSPS) is 40.3. The Morgan fingerprint density at radius 3 is 2.21 bits per heavy atom. The van der Waals surface area contributed by atoms with Gasteiger partial charge < -0.3 is 44.9 Å². The highest BCUT2D eigenvalue weighted by molar-refractivity contribution is 5.73. The van der Waals surface area contributed by atoms with Crippen LogP contribution in [0.25, 0.3) is 0 Å². The van der Waals surface area contributed by atoms with Crippen LogP contribution in [-0.2, 0) is 28.5 Å². The van der Waals surface area contributed by atoms with Crippen molar-refractivity contribution in [3.63, 3.8) is 0 Å². The molecule has 0 radical (unpaired) electrons. The van der Waals surface area contributed by atoms with E-state index in [2.05, 4.69) is 10.6 Å². The first-order valence-electron chi connectivity index (χ1n) is 9.64. The Bertz CT molecular complexity index is 563. The summed E-state index contributed by atoms with van der Waals surface area (Å²) in [7, 11) is 1.36. The Kier molecular flexibility index (Phi) is 8.76. The molecule has 0 bridgehead atoms. The van der Waals surface area contributed by atoms with Gasteiger partial charge in [-0.3, -0.25) is 9.59 Å². The molecule has 2 heterocycles. The number of hydrogen-bond donors (Lipinski definition) is 5. The van der Waals surface area contributed by atoms with Gasteiger partial charge in [0.15, 0.2) is 6.29 Å². The summed E-state index contributed by atoms with van der Waals surface area (Å²) < 4.78 is 22.8. The van der Waals surface area contributed by atoms with Crippen molar-refractivity contribution in [1.82, 2.24) is 10.6 Å². The zero-order valence-electron chi connectivity index (χ0n) is 17.1. The molecule has 0 aromatic carbocycles. The van der Waals surface area contributed by atoms with E-state index in [0.29, 0.717) is 6.42 Å². The average molecular weight is 420 g/mol. The fourth-order valence-corrected chi connectivity index (χ4v) is 3.83. The number of nitrogens with one attached hydrogen (secondary N) is 2. The lowest BCUT2D eigenvalue weighted by molar-refractivity contribution is -0.303. The third-order valence-corrected chi connectivity index (χ3v) is 5.23. The van der Waals surface area contributed by atoms with E-state index < -0.39 is 55.4 Å². The minimum absolute atomic E-state index is 0.226. The monoisotopic (exact) mass is 420 g/mol. The standard InChI is InChI=1S/C18H32N2O9/c1-8-11(19-9(2)23)5-12(13(6-21)27-8)28-18-15(20-10(3)24)16(25)17(26-4)14(7-22)29-18/h8,11-18,21-22,25H,5-7H2,1-4H3,(H,19,23)(H,20,24)/t8-,11?,12-,13-,14?,15?,16+,17+,18+/m0/s1. The number of amides is 2. The third-order valence-electron chi connectivity index (χ3n) is 5.23. The zero-order chi connectivity index (χ0) is 21.7. The molecule has 0 spiro atoms. The van der Waals surface area contributed by atoms with E-state index in [0.717, 1.165) is 0 Å². The highest BCUT2D eigenvalue weighted by Crippen LogP contribution is 2.29. The van der Waals surface area contributed by atoms with E-state index in [-0.39, 0.29) is 24.7 Å². The molecule has 11 nitrogen and oxygen atoms in total. The maximum atomic E-state index is 11.6. The highest BCUT2D eigenvalue weighted by Gasteiger charge is 2.48. The summed E-state index contributed by atoms with van der Waals surface area (Å²) >= 11 is 0. The first-order chi connectivity index (χ1) is 13.7. The SMILES string of the molecule is CO[C@@H]1C(CO)O[C@@H](O[C@H]2CC(NC(C)=O)[C@H](C)O[C@H]2CO)C(NC(C)=O)[C@H]1O. The smallest absolute Gasteiger partial charge is 0.217 e. The Labute approximate surface area is 169 Å². The molecule has 29 heavy (non-hydrogen) atoms. The lowest BCUT2D eigenvalue weighted by Gasteiger charge is -2.46. The molecule has 2 aliphatic heterocycles. The van der Waals surface area contributed by atoms with Crippen LogP contribution in [0.2, 0.25) is 0 Å². The van der Waals surface area contributed by atoms with Crippen LogP contribution >= 0.6 is 0 Å². The van der Waals surface area contributed by atoms with E-state index >= 15 is 0 Å². The zero-order valence-corrected chi connectivity index (χ0v) is 17.1. The fourth-order valence-electron chi connectivity index (χ4n) is 3.83. The predicted octanol–water partition coefficient (Wildman–Crippen LogP) is -2.36. The van der Waals surface area contributed by atoms with Crippen LogP contribution in [0.3, 0.4) is 0 Å². The van der Waals surface area contributed by atoms with Crippen LogP contribution in [0.5, 0.6) is 0 Å². The maximum absolute atomic E-state index is 11.6. The summed E-state index contributed by atoms with van der Waals surface area (Å²) in [5.41, 5.74) is 0. The Hall–Kier alpha value is -1.34. The predicted molar refractivity (Wildman–Crippen MR) is 98.7 cm³/mol. The molecule has 5 N–H and O–H groups in total. The lowest BCUT2D eigenvalue weighted by Crippen LogP contribution is -2.66. The second-order valence-corrected chi connectivity index (χ2v) is 7.42. The van der Waals surface area contributed by atoms with Gasteiger partial charge in [-0.05, 0) is 13.3 Å². The summed E-state index contributed by atoms with van der Waals surface area (Å²) in [5.74, 6) is -0.637. The van der Waals surface area contributed by atoms with Crippen molar-refractivity contribution in [3.8, 4) is 0 Å². The molecule has 2 rings (SSSR count). The van der Waals surface area contributed by atoms with Crippen molar-refractivity contribution < 1.29 is 43.9 Å². The quantitative estimate of drug-likeness (QED) is 0.304. The topological polar surface area (TPSA) is 156 Å². The number of ether oxygens (including phenoxy) is 4. The van der Waals surface area contributed by atoms with Gasteiger partial charge in [-0.2, -0.15) is 0 Å². The molecular weight excluding hydrogens is 388 g/mol. The van der Waals surface area contributed by atoms with Gasteiger partial charge in [0.1, 0.15) is 30.5 Å². The lowest BCUT2D eigenvalue weighted by atomic mass is 9.94. The molecule has 0 aromatic heterocycles. The van der Waals surface area contributed by atoms with Crippen LogP contribution in [-0.4, -0.2) is 102 Å². The Balaban J connectivity index is 2.21. The number of carbonyl (C=O) groups is 2. The second kappa shape index (κ2) is 10.6. The molecular formula is C18H32N2O9. The van der Waals surface area contributed by atoms with Crippen LogP contribution in [0, 0.1) is 0 Å². The molecule has 3 unspecified atom stereocenters. The van der Waals surface area contributed by atoms with E-state index in [4.69, 9.17) is 18.9 Å². The number of carbonyl (C=O) groups excluding carboxylic acids is 2. The minimum atomic E-state index is -1.21. The Morgan fingerprint density at radius 1 is 1.07 bits per heavy atom. The number of aliphatic hydroxyl groups is 3. The number of rotatable bonds is 7. The van der Waals surface area contributed by atoms with Crippen LogP contribution < -0.4 is 10.6 Å². The minimum Gasteiger partial charge on any atom is -0.394 e. The van der Waals surface area contributed by atoms with Gasteiger partial charge in [0, 0.05) is 21.0 Å². The largest absolute Gasteiger partial charge is 0.394 e. The van der Waals surface area contributed by atoms with E-state index in [1.165, 1.54) is 21.0 Å². The van der Waals surface area contributed by atoms with Gasteiger partial charge in [-0.25, -0.2) is 0 Å². The molecule has 2 amide bonds. The fraction of sp³-hybridized carbons (Fsp3) is 0.889. The highest BCUT2D eigenvalue weighted by atomic mass is 16.7. The number of methoxy groups -OCH3 is 1. The van der Waals surface area contributed by atoms with Gasteiger partial charge in [0.05, 0.1) is 31.5 Å². The van der Waals surface area contributed by atoms with Crippen molar-refractivity contribution >= 4 is 11.8 Å². The summed E-state index contributed by atoms with van der Waals surface area (Å²) in [4.78, 5) is 23.1. The molecule has 0 saturated carbocycles. The van der Waals surface area contributed by atoms with Gasteiger partial charge >= 0.3 is 0 Å². The molecule has 2 aliphatic rings. The third kappa shape index (κ3) is 5.85. The number of aliphatic hydroxyl groups excluding tert-OH is 3. The summed E-state index contributed by atoms with van der Waals surface area (Å²) in [6.45, 7) is 3.71. The van der Waals surface area contributed by atoms with Crippen molar-refractivity contribution in [2.24, 2.45) is 0 Å². The van der Waals surface area contributed by atoms with E-state index in [9.17, 15) is 24.9 Å². The summed E-state index contributed by atoms with van der Waals surface area (Å²) in [5, 5.41) is 35.4. The van der Waals surface area contributed by atoms with Crippen molar-refractivity contribution in [2.75, 3.05) is 20.3 Å². The molecule has 2 saturated heterocycles. The van der Waals surface area contributed by atoms with Gasteiger partial charge in [0.25, 0.3) is 0 Å². The first kappa shape index (κ1) is 23.9. The Morgan fingerprint density at radius 2 is 1.69 bits per heavy atom. The molecule has 168 valence electrons. The van der Waals surface area contributed by atoms with Gasteiger partial charge in [-0.1, -0.05) is 0 Å². The first-order valence-corrected chi connectivity index (χ1v) is 9.64. The van der Waals surface area contributed by atoms with Gasteiger partial charge in [-0.15, -0.1) is 0 Å². The van der Waals surface area contributed by atoms with Crippen molar-refractivity contribution in [3.05, 3.63) is 0 Å². The second-order valence-electron chi connectivity index (χ2n) is 7.42. The summed E-state index contributed by atoms with van der Waals surface area (Å²) in [6.07, 6.45) is -5.50. The maximum Gasteiger partial charge on any atom is 0.217 e. The molecule has 11 heteroatoms. The molecule has 0 aromatic rings. The summed E-state index contributed by atoms with van der Waals surface area (Å²) in [6, 6.07) is -1.33. The van der Waals surface area contributed by atoms with Crippen LogP contribution in [0.1, 0.15) is 27.2 Å². The van der Waals surface area contributed by atoms with E-state index in [1.807, 2.05) is 0 Å². The van der Waals surface area contributed by atoms with E-state index in [1.54, 1.807) is 6.92 Å². The molecule has 9 atom stereocenters.